The first-order valence-electron chi connectivity index (χ1n) is 12.5. The number of nitrogens with one attached hydrogen (secondary N) is 1. The van der Waals surface area contributed by atoms with Crippen LogP contribution >= 0.6 is 11.8 Å². The standard InChI is InChI=1S/C27H39N3O3S/c1-25(2,3)17-26(4,5)28-22(31)21-16-34-27(30(21)23(32)18-12-8-7-9-13-18)19-14-10-11-15-20(19)29(6)24(27)33/h10-11,14-15,18,21H,7-9,12-13,16-17H2,1-6H3,(H,28,31). The van der Waals surface area contributed by atoms with Crippen LogP contribution in [0.5, 0.6) is 0 Å². The number of carbonyl (C=O) groups excluding carboxylic acids is 3. The average molecular weight is 486 g/mol. The molecule has 2 unspecified atom stereocenters. The lowest BCUT2D eigenvalue weighted by atomic mass is 9.81. The second kappa shape index (κ2) is 8.89. The highest BCUT2D eigenvalue weighted by atomic mass is 32.2. The van der Waals surface area contributed by atoms with Gasteiger partial charge in [0.1, 0.15) is 6.04 Å². The molecule has 7 heteroatoms. The van der Waals surface area contributed by atoms with Crippen LogP contribution in [0.4, 0.5) is 5.69 Å². The molecule has 186 valence electrons. The van der Waals surface area contributed by atoms with Crippen molar-refractivity contribution < 1.29 is 14.4 Å². The highest BCUT2D eigenvalue weighted by Gasteiger charge is 2.63. The number of rotatable bonds is 4. The summed E-state index contributed by atoms with van der Waals surface area (Å²) in [6.45, 7) is 10.5. The number of thioether (sulfide) groups is 1. The quantitative estimate of drug-likeness (QED) is 0.673. The molecule has 1 spiro atoms. The Morgan fingerprint density at radius 1 is 1.09 bits per heavy atom. The Hall–Kier alpha value is -2.02. The number of anilines is 1. The average Bonchev–Trinajstić information content (AvgIpc) is 3.26. The van der Waals surface area contributed by atoms with E-state index in [9.17, 15) is 14.4 Å². The van der Waals surface area contributed by atoms with Crippen LogP contribution in [-0.4, -0.2) is 47.0 Å². The van der Waals surface area contributed by atoms with Crippen molar-refractivity contribution in [3.05, 3.63) is 29.8 Å². The number of likely N-dealkylation sites (N-methyl/N-ethyl adjacent to an activating group) is 1. The van der Waals surface area contributed by atoms with Gasteiger partial charge in [0.05, 0.1) is 5.69 Å². The monoisotopic (exact) mass is 485 g/mol. The van der Waals surface area contributed by atoms with Crippen molar-refractivity contribution in [1.82, 2.24) is 10.2 Å². The van der Waals surface area contributed by atoms with Gasteiger partial charge >= 0.3 is 0 Å². The number of hydrogen-bond donors (Lipinski definition) is 1. The van der Waals surface area contributed by atoms with Crippen molar-refractivity contribution in [2.24, 2.45) is 11.3 Å². The van der Waals surface area contributed by atoms with Gasteiger partial charge in [0.2, 0.25) is 11.8 Å². The van der Waals surface area contributed by atoms with Crippen LogP contribution < -0.4 is 10.2 Å². The van der Waals surface area contributed by atoms with Crippen molar-refractivity contribution in [2.45, 2.75) is 89.6 Å². The molecule has 4 rings (SSSR count). The van der Waals surface area contributed by atoms with Gasteiger partial charge in [-0.1, -0.05) is 58.2 Å². The summed E-state index contributed by atoms with van der Waals surface area (Å²) in [6, 6.07) is 7.01. The summed E-state index contributed by atoms with van der Waals surface area (Å²) in [7, 11) is 1.76. The molecule has 2 aliphatic heterocycles. The fourth-order valence-electron chi connectivity index (χ4n) is 6.27. The molecule has 2 heterocycles. The van der Waals surface area contributed by atoms with Gasteiger partial charge in [-0.3, -0.25) is 14.4 Å². The van der Waals surface area contributed by atoms with E-state index in [1.165, 1.54) is 11.8 Å². The van der Waals surface area contributed by atoms with Crippen molar-refractivity contribution in [2.75, 3.05) is 17.7 Å². The predicted octanol–water partition coefficient (Wildman–Crippen LogP) is 4.67. The molecule has 1 aromatic carbocycles. The minimum absolute atomic E-state index is 0.0445. The fourth-order valence-corrected chi connectivity index (χ4v) is 7.92. The molecule has 2 atom stereocenters. The summed E-state index contributed by atoms with van der Waals surface area (Å²) in [5, 5.41) is 3.23. The number of amides is 3. The molecule has 0 bridgehead atoms. The predicted molar refractivity (Wildman–Crippen MR) is 137 cm³/mol. The van der Waals surface area contributed by atoms with E-state index in [0.29, 0.717) is 5.75 Å². The van der Waals surface area contributed by atoms with Gasteiger partial charge in [0.25, 0.3) is 5.91 Å². The van der Waals surface area contributed by atoms with Crippen molar-refractivity contribution in [3.8, 4) is 0 Å². The lowest BCUT2D eigenvalue weighted by Gasteiger charge is -2.40. The number of carbonyl (C=O) groups is 3. The molecule has 1 saturated carbocycles. The van der Waals surface area contributed by atoms with Crippen LogP contribution in [0.25, 0.3) is 0 Å². The molecule has 2 fully saturated rings. The van der Waals surface area contributed by atoms with E-state index in [0.717, 1.165) is 49.8 Å². The second-order valence-corrected chi connectivity index (χ2v) is 13.2. The summed E-state index contributed by atoms with van der Waals surface area (Å²) in [5.74, 6) is -0.0659. The topological polar surface area (TPSA) is 69.7 Å². The van der Waals surface area contributed by atoms with Crippen LogP contribution in [-0.2, 0) is 19.3 Å². The molecule has 34 heavy (non-hydrogen) atoms. The molecule has 0 radical (unpaired) electrons. The SMILES string of the molecule is CN1C(=O)C2(SCC(C(=O)NC(C)(C)CC(C)(C)C)N2C(=O)C2CCCCC2)c2ccccc21. The zero-order chi connectivity index (χ0) is 24.9. The number of nitrogens with zero attached hydrogens (tertiary/aromatic N) is 2. The van der Waals surface area contributed by atoms with Gasteiger partial charge in [0, 0.05) is 29.8 Å². The summed E-state index contributed by atoms with van der Waals surface area (Å²) in [5.41, 5.74) is 1.25. The smallest absolute Gasteiger partial charge is 0.268 e. The molecule has 1 saturated heterocycles. The van der Waals surface area contributed by atoms with E-state index in [1.807, 2.05) is 38.1 Å². The van der Waals surface area contributed by atoms with E-state index in [1.54, 1.807) is 16.8 Å². The van der Waals surface area contributed by atoms with Gasteiger partial charge in [-0.2, -0.15) is 0 Å². The minimum atomic E-state index is -1.17. The second-order valence-electron chi connectivity index (χ2n) is 12.0. The Morgan fingerprint density at radius 2 is 1.74 bits per heavy atom. The van der Waals surface area contributed by atoms with E-state index >= 15 is 0 Å². The summed E-state index contributed by atoms with van der Waals surface area (Å²) in [6.07, 6.45) is 5.63. The Bertz CT molecular complexity index is 980. The zero-order valence-electron chi connectivity index (χ0n) is 21.4. The number of para-hydroxylation sites is 1. The molecule has 3 aliphatic rings. The van der Waals surface area contributed by atoms with E-state index in [4.69, 9.17) is 0 Å². The van der Waals surface area contributed by atoms with Crippen LogP contribution in [0.1, 0.15) is 78.7 Å². The first-order valence-corrected chi connectivity index (χ1v) is 13.5. The molecular weight excluding hydrogens is 446 g/mol. The number of fused-ring (bicyclic) bond motifs is 2. The van der Waals surface area contributed by atoms with E-state index in [-0.39, 0.29) is 29.1 Å². The Kier molecular flexibility index (Phi) is 6.56. The van der Waals surface area contributed by atoms with Gasteiger partial charge in [-0.25, -0.2) is 0 Å². The van der Waals surface area contributed by atoms with E-state index in [2.05, 4.69) is 26.1 Å². The molecule has 6 nitrogen and oxygen atoms in total. The normalized spacial score (nSPS) is 25.7. The van der Waals surface area contributed by atoms with Crippen LogP contribution in [0.3, 0.4) is 0 Å². The first-order chi connectivity index (χ1) is 15.9. The van der Waals surface area contributed by atoms with Crippen molar-refractivity contribution in [3.63, 3.8) is 0 Å². The molecule has 1 aromatic rings. The third kappa shape index (κ3) is 4.36. The van der Waals surface area contributed by atoms with E-state index < -0.39 is 16.5 Å². The van der Waals surface area contributed by atoms with Crippen molar-refractivity contribution in [1.29, 1.82) is 0 Å². The van der Waals surface area contributed by atoms with Gasteiger partial charge in [-0.05, 0) is 44.6 Å². The Balaban J connectivity index is 1.73. The summed E-state index contributed by atoms with van der Waals surface area (Å²) >= 11 is 1.44. The lowest BCUT2D eigenvalue weighted by molar-refractivity contribution is -0.151. The van der Waals surface area contributed by atoms with Crippen molar-refractivity contribution >= 4 is 35.2 Å². The van der Waals surface area contributed by atoms with Crippen LogP contribution in [0.2, 0.25) is 0 Å². The first kappa shape index (κ1) is 25.1. The Morgan fingerprint density at radius 3 is 2.38 bits per heavy atom. The maximum atomic E-state index is 14.1. The molecule has 1 aliphatic carbocycles. The van der Waals surface area contributed by atoms with Gasteiger partial charge < -0.3 is 15.1 Å². The lowest BCUT2D eigenvalue weighted by Crippen LogP contribution is -2.60. The summed E-state index contributed by atoms with van der Waals surface area (Å²) < 4.78 is 0. The maximum Gasteiger partial charge on any atom is 0.268 e. The molecule has 3 amide bonds. The Labute approximate surface area is 208 Å². The van der Waals surface area contributed by atoms with Gasteiger partial charge in [0.15, 0.2) is 4.87 Å². The minimum Gasteiger partial charge on any atom is -0.349 e. The third-order valence-electron chi connectivity index (χ3n) is 7.25. The molecular formula is C27H39N3O3S. The maximum absolute atomic E-state index is 14.1. The zero-order valence-corrected chi connectivity index (χ0v) is 22.3. The van der Waals surface area contributed by atoms with Gasteiger partial charge in [-0.15, -0.1) is 11.8 Å². The highest BCUT2D eigenvalue weighted by Crippen LogP contribution is 2.56. The van der Waals surface area contributed by atoms with Crippen LogP contribution in [0.15, 0.2) is 24.3 Å². The number of benzene rings is 1. The molecule has 0 aromatic heterocycles. The third-order valence-corrected chi connectivity index (χ3v) is 8.75. The highest BCUT2D eigenvalue weighted by molar-refractivity contribution is 8.01. The summed E-state index contributed by atoms with van der Waals surface area (Å²) in [4.78, 5) is 43.8. The largest absolute Gasteiger partial charge is 0.349 e. The van der Waals surface area contributed by atoms with Crippen LogP contribution in [0, 0.1) is 11.3 Å². The molecule has 1 N–H and O–H groups in total. The number of hydrogen-bond acceptors (Lipinski definition) is 4. The fraction of sp³-hybridized carbons (Fsp3) is 0.667.